The molecule has 0 saturated heterocycles. The molecule has 0 saturated carbocycles. The largest absolute Gasteiger partial charge is 0.312 e. The lowest BCUT2D eigenvalue weighted by molar-refractivity contribution is 0.485. The van der Waals surface area contributed by atoms with Crippen LogP contribution in [0, 0.1) is 5.92 Å². The molecule has 0 atom stereocenters. The summed E-state index contributed by atoms with van der Waals surface area (Å²) in [6, 6.07) is 10.5. The number of allylic oxidation sites excluding steroid dienone is 2. The minimum absolute atomic E-state index is 0. The van der Waals surface area contributed by atoms with E-state index in [2.05, 4.69) is 42.7 Å². The maximum Gasteiger partial charge on any atom is 0.0205 e. The van der Waals surface area contributed by atoms with Crippen molar-refractivity contribution < 1.29 is 0 Å². The van der Waals surface area contributed by atoms with Crippen molar-refractivity contribution in [3.63, 3.8) is 0 Å². The van der Waals surface area contributed by atoms with Crippen LogP contribution in [0.25, 0.3) is 0 Å². The average molecular weight is 252 g/mol. The summed E-state index contributed by atoms with van der Waals surface area (Å²) in [7, 11) is 0. The van der Waals surface area contributed by atoms with Crippen LogP contribution in [0.4, 0.5) is 0 Å². The smallest absolute Gasteiger partial charge is 0.0205 e. The Morgan fingerprint density at radius 3 is 2.18 bits per heavy atom. The van der Waals surface area contributed by atoms with Gasteiger partial charge in [-0.05, 0) is 30.9 Å². The number of benzene rings is 1. The molecular formula is C15H22ClN. The van der Waals surface area contributed by atoms with E-state index in [9.17, 15) is 0 Å². The molecule has 1 aromatic rings. The Bertz CT molecular complexity index is 298. The van der Waals surface area contributed by atoms with Gasteiger partial charge in [-0.15, -0.1) is 25.6 Å². The fourth-order valence-corrected chi connectivity index (χ4v) is 1.75. The van der Waals surface area contributed by atoms with E-state index in [1.165, 1.54) is 5.56 Å². The minimum atomic E-state index is 0. The lowest BCUT2D eigenvalue weighted by Crippen LogP contribution is -2.21. The molecule has 0 radical (unpaired) electrons. The predicted molar refractivity (Wildman–Crippen MR) is 78.5 cm³/mol. The van der Waals surface area contributed by atoms with Crippen LogP contribution in [0.3, 0.4) is 0 Å². The molecule has 1 aromatic carbocycles. The first-order chi connectivity index (χ1) is 7.86. The third-order valence-electron chi connectivity index (χ3n) is 2.60. The Morgan fingerprint density at radius 2 is 1.65 bits per heavy atom. The van der Waals surface area contributed by atoms with Gasteiger partial charge >= 0.3 is 0 Å². The Kier molecular flexibility index (Phi) is 9.50. The lowest BCUT2D eigenvalue weighted by Gasteiger charge is -2.13. The van der Waals surface area contributed by atoms with E-state index < -0.39 is 0 Å². The third-order valence-corrected chi connectivity index (χ3v) is 2.60. The molecule has 94 valence electrons. The number of hydrogen-bond acceptors (Lipinski definition) is 1. The first-order valence-corrected chi connectivity index (χ1v) is 5.83. The Balaban J connectivity index is 0.00000256. The van der Waals surface area contributed by atoms with Crippen LogP contribution in [0.2, 0.25) is 0 Å². The summed E-state index contributed by atoms with van der Waals surface area (Å²) in [6.45, 7) is 9.53. The van der Waals surface area contributed by atoms with E-state index in [1.54, 1.807) is 0 Å². The molecular weight excluding hydrogens is 230 g/mol. The highest BCUT2D eigenvalue weighted by atomic mass is 35.5. The molecule has 0 spiro atoms. The van der Waals surface area contributed by atoms with E-state index in [0.29, 0.717) is 5.92 Å². The van der Waals surface area contributed by atoms with Crippen molar-refractivity contribution >= 4 is 12.4 Å². The zero-order chi connectivity index (χ0) is 11.6. The fraction of sp³-hybridized carbons (Fsp3) is 0.333. The molecule has 0 bridgehead atoms. The quantitative estimate of drug-likeness (QED) is 0.690. The third kappa shape index (κ3) is 6.98. The van der Waals surface area contributed by atoms with Gasteiger partial charge in [-0.1, -0.05) is 42.5 Å². The van der Waals surface area contributed by atoms with Crippen molar-refractivity contribution in [3.05, 3.63) is 61.2 Å². The van der Waals surface area contributed by atoms with Gasteiger partial charge in [-0.2, -0.15) is 0 Å². The van der Waals surface area contributed by atoms with Gasteiger partial charge in [0.15, 0.2) is 0 Å². The Morgan fingerprint density at radius 1 is 1.06 bits per heavy atom. The van der Waals surface area contributed by atoms with Crippen molar-refractivity contribution in [1.82, 2.24) is 5.32 Å². The van der Waals surface area contributed by atoms with Crippen LogP contribution in [0.1, 0.15) is 18.4 Å². The molecule has 17 heavy (non-hydrogen) atoms. The van der Waals surface area contributed by atoms with Crippen molar-refractivity contribution in [3.8, 4) is 0 Å². The van der Waals surface area contributed by atoms with Crippen molar-refractivity contribution in [1.29, 1.82) is 0 Å². The second-order valence-electron chi connectivity index (χ2n) is 4.03. The molecule has 0 aliphatic rings. The summed E-state index contributed by atoms with van der Waals surface area (Å²) >= 11 is 0. The second kappa shape index (κ2) is 10.1. The Hall–Kier alpha value is -1.05. The van der Waals surface area contributed by atoms with Crippen LogP contribution in [-0.4, -0.2) is 6.54 Å². The van der Waals surface area contributed by atoms with Gasteiger partial charge in [0.25, 0.3) is 0 Å². The van der Waals surface area contributed by atoms with E-state index in [0.717, 1.165) is 25.9 Å². The number of rotatable bonds is 8. The molecule has 0 unspecified atom stereocenters. The predicted octanol–water partition coefficient (Wildman–Crippen LogP) is 3.97. The second-order valence-corrected chi connectivity index (χ2v) is 4.03. The van der Waals surface area contributed by atoms with Crippen LogP contribution >= 0.6 is 12.4 Å². The summed E-state index contributed by atoms with van der Waals surface area (Å²) in [5.74, 6) is 0.624. The summed E-state index contributed by atoms with van der Waals surface area (Å²) in [4.78, 5) is 0. The summed E-state index contributed by atoms with van der Waals surface area (Å²) in [5, 5.41) is 3.48. The molecule has 0 aromatic heterocycles. The van der Waals surface area contributed by atoms with Gasteiger partial charge < -0.3 is 5.32 Å². The first kappa shape index (κ1) is 16.0. The molecule has 1 N–H and O–H groups in total. The zero-order valence-electron chi connectivity index (χ0n) is 10.3. The average Bonchev–Trinajstić information content (AvgIpc) is 2.31. The highest BCUT2D eigenvalue weighted by Crippen LogP contribution is 2.08. The van der Waals surface area contributed by atoms with Crippen LogP contribution in [0.15, 0.2) is 55.6 Å². The van der Waals surface area contributed by atoms with Gasteiger partial charge in [-0.25, -0.2) is 0 Å². The van der Waals surface area contributed by atoms with E-state index in [-0.39, 0.29) is 12.4 Å². The van der Waals surface area contributed by atoms with Gasteiger partial charge in [0.2, 0.25) is 0 Å². The highest BCUT2D eigenvalue weighted by Gasteiger charge is 2.03. The van der Waals surface area contributed by atoms with Crippen molar-refractivity contribution in [2.24, 2.45) is 5.92 Å². The molecule has 1 rings (SSSR count). The van der Waals surface area contributed by atoms with Gasteiger partial charge in [0, 0.05) is 6.54 Å². The number of nitrogens with one attached hydrogen (secondary N) is 1. The molecule has 0 amide bonds. The SMILES string of the molecule is C=CCC(CC=C)CNCc1ccccc1.Cl. The van der Waals surface area contributed by atoms with Crippen LogP contribution in [-0.2, 0) is 6.54 Å². The summed E-state index contributed by atoms with van der Waals surface area (Å²) in [5.41, 5.74) is 1.33. The summed E-state index contributed by atoms with van der Waals surface area (Å²) < 4.78 is 0. The van der Waals surface area contributed by atoms with Gasteiger partial charge in [0.1, 0.15) is 0 Å². The standard InChI is InChI=1S/C15H21N.ClH/c1-3-8-14(9-4-2)12-16-13-15-10-6-5-7-11-15;/h3-7,10-11,14,16H,1-2,8-9,12-13H2;1H. The van der Waals surface area contributed by atoms with E-state index >= 15 is 0 Å². The molecule has 0 aliphatic heterocycles. The van der Waals surface area contributed by atoms with Crippen molar-refractivity contribution in [2.75, 3.05) is 6.54 Å². The van der Waals surface area contributed by atoms with Gasteiger partial charge in [-0.3, -0.25) is 0 Å². The number of hydrogen-bond donors (Lipinski definition) is 1. The maximum atomic E-state index is 3.79. The number of halogens is 1. The van der Waals surface area contributed by atoms with Crippen LogP contribution < -0.4 is 5.32 Å². The molecule has 1 nitrogen and oxygen atoms in total. The molecule has 0 heterocycles. The summed E-state index contributed by atoms with van der Waals surface area (Å²) in [6.07, 6.45) is 6.07. The topological polar surface area (TPSA) is 12.0 Å². The van der Waals surface area contributed by atoms with Gasteiger partial charge in [0.05, 0.1) is 0 Å². The monoisotopic (exact) mass is 251 g/mol. The zero-order valence-corrected chi connectivity index (χ0v) is 11.1. The van der Waals surface area contributed by atoms with E-state index in [4.69, 9.17) is 0 Å². The van der Waals surface area contributed by atoms with Crippen LogP contribution in [0.5, 0.6) is 0 Å². The molecule has 2 heteroatoms. The fourth-order valence-electron chi connectivity index (χ4n) is 1.75. The molecule has 0 aliphatic carbocycles. The van der Waals surface area contributed by atoms with E-state index in [1.807, 2.05) is 18.2 Å². The normalized spacial score (nSPS) is 9.71. The first-order valence-electron chi connectivity index (χ1n) is 5.83. The molecule has 0 fully saturated rings. The Labute approximate surface area is 111 Å². The maximum absolute atomic E-state index is 3.79. The lowest BCUT2D eigenvalue weighted by atomic mass is 10.0. The highest BCUT2D eigenvalue weighted by molar-refractivity contribution is 5.85. The minimum Gasteiger partial charge on any atom is -0.312 e. The van der Waals surface area contributed by atoms with Crippen molar-refractivity contribution in [2.45, 2.75) is 19.4 Å².